The van der Waals surface area contributed by atoms with Crippen molar-refractivity contribution in [3.05, 3.63) is 64.7 Å². The summed E-state index contributed by atoms with van der Waals surface area (Å²) in [5, 5.41) is 3.03. The minimum absolute atomic E-state index is 0.155. The molecule has 0 spiro atoms. The van der Waals surface area contributed by atoms with Crippen molar-refractivity contribution in [2.45, 2.75) is 13.5 Å². The Hall–Kier alpha value is -2.01. The summed E-state index contributed by atoms with van der Waals surface area (Å²) >= 11 is 4.99. The van der Waals surface area contributed by atoms with Crippen LogP contribution in [0.25, 0.3) is 0 Å². The number of aryl methyl sites for hydroxylation is 1. The molecule has 0 amide bonds. The van der Waals surface area contributed by atoms with Gasteiger partial charge in [0.1, 0.15) is 16.6 Å². The first-order valence-electron chi connectivity index (χ1n) is 6.05. The van der Waals surface area contributed by atoms with Crippen LogP contribution in [0.2, 0.25) is 0 Å². The van der Waals surface area contributed by atoms with Crippen molar-refractivity contribution in [2.75, 3.05) is 5.32 Å². The number of thiocarbonyl (C=S) groups is 1. The second kappa shape index (κ2) is 5.96. The van der Waals surface area contributed by atoms with E-state index in [4.69, 9.17) is 18.0 Å². The molecule has 0 aliphatic rings. The maximum absolute atomic E-state index is 13.5. The summed E-state index contributed by atoms with van der Waals surface area (Å²) in [6.45, 7) is 2.08. The third-order valence-corrected chi connectivity index (χ3v) is 3.14. The zero-order chi connectivity index (χ0) is 14.7. The molecule has 5 heteroatoms. The van der Waals surface area contributed by atoms with Crippen LogP contribution in [0.15, 0.2) is 36.4 Å². The molecule has 2 nitrogen and oxygen atoms in total. The lowest BCUT2D eigenvalue weighted by Crippen LogP contribution is -2.14. The molecule has 0 atom stereocenters. The first-order valence-corrected chi connectivity index (χ1v) is 6.46. The Balaban J connectivity index is 2.23. The van der Waals surface area contributed by atoms with Gasteiger partial charge in [-0.3, -0.25) is 0 Å². The molecule has 0 heterocycles. The lowest BCUT2D eigenvalue weighted by molar-refractivity contribution is 0.587. The number of hydrogen-bond acceptors (Lipinski definition) is 2. The first kappa shape index (κ1) is 14.4. The van der Waals surface area contributed by atoms with E-state index >= 15 is 0 Å². The van der Waals surface area contributed by atoms with Crippen molar-refractivity contribution in [1.82, 2.24) is 0 Å². The zero-order valence-corrected chi connectivity index (χ0v) is 11.7. The predicted octanol–water partition coefficient (Wildman–Crippen LogP) is 3.52. The fourth-order valence-corrected chi connectivity index (χ4v) is 2.05. The number of nitrogens with one attached hydrogen (secondary N) is 1. The maximum atomic E-state index is 13.5. The van der Waals surface area contributed by atoms with Gasteiger partial charge in [0.2, 0.25) is 0 Å². The Morgan fingerprint density at radius 1 is 1.20 bits per heavy atom. The molecule has 0 aliphatic carbocycles. The van der Waals surface area contributed by atoms with Crippen LogP contribution < -0.4 is 11.1 Å². The molecule has 3 N–H and O–H groups in total. The highest BCUT2D eigenvalue weighted by Crippen LogP contribution is 2.19. The number of anilines is 1. The molecule has 2 rings (SSSR count). The third-order valence-electron chi connectivity index (χ3n) is 2.92. The van der Waals surface area contributed by atoms with Gasteiger partial charge in [-0.15, -0.1) is 0 Å². The molecule has 0 saturated heterocycles. The Morgan fingerprint density at radius 2 is 1.95 bits per heavy atom. The van der Waals surface area contributed by atoms with Gasteiger partial charge in [0.15, 0.2) is 0 Å². The molecule has 0 fully saturated rings. The van der Waals surface area contributed by atoms with Crippen LogP contribution in [0.1, 0.15) is 16.7 Å². The van der Waals surface area contributed by atoms with Crippen LogP contribution in [0, 0.1) is 18.6 Å². The Morgan fingerprint density at radius 3 is 2.65 bits per heavy atom. The maximum Gasteiger partial charge on any atom is 0.128 e. The quantitative estimate of drug-likeness (QED) is 0.847. The van der Waals surface area contributed by atoms with Crippen molar-refractivity contribution >= 4 is 22.9 Å². The summed E-state index contributed by atoms with van der Waals surface area (Å²) in [4.78, 5) is 0.260. The zero-order valence-electron chi connectivity index (χ0n) is 10.9. The van der Waals surface area contributed by atoms with E-state index in [1.54, 1.807) is 0 Å². The van der Waals surface area contributed by atoms with E-state index in [1.165, 1.54) is 0 Å². The first-order chi connectivity index (χ1) is 9.47. The van der Waals surface area contributed by atoms with Crippen molar-refractivity contribution in [2.24, 2.45) is 5.73 Å². The van der Waals surface area contributed by atoms with Crippen LogP contribution in [0.4, 0.5) is 14.5 Å². The minimum Gasteiger partial charge on any atom is -0.389 e. The van der Waals surface area contributed by atoms with Crippen LogP contribution in [-0.2, 0) is 6.54 Å². The summed E-state index contributed by atoms with van der Waals surface area (Å²) in [7, 11) is 0. The van der Waals surface area contributed by atoms with E-state index in [-0.39, 0.29) is 17.1 Å². The fraction of sp³-hybridized carbons (Fsp3) is 0.133. The second-order valence-electron chi connectivity index (χ2n) is 4.50. The number of hydrogen-bond donors (Lipinski definition) is 2. The van der Waals surface area contributed by atoms with Crippen LogP contribution in [0.5, 0.6) is 0 Å². The van der Waals surface area contributed by atoms with E-state index in [9.17, 15) is 8.78 Å². The number of benzene rings is 2. The van der Waals surface area contributed by atoms with Gasteiger partial charge >= 0.3 is 0 Å². The topological polar surface area (TPSA) is 38.0 Å². The molecule has 2 aromatic rings. The van der Waals surface area contributed by atoms with Gasteiger partial charge in [0.05, 0.1) is 0 Å². The molecule has 0 bridgehead atoms. The molecule has 0 unspecified atom stereocenters. The van der Waals surface area contributed by atoms with Gasteiger partial charge in [0, 0.05) is 23.4 Å². The van der Waals surface area contributed by atoms with Gasteiger partial charge in [-0.1, -0.05) is 23.8 Å². The predicted molar refractivity (Wildman–Crippen MR) is 80.8 cm³/mol. The molecular weight excluding hydrogens is 278 g/mol. The SMILES string of the molecule is Cc1ccc(NCc2cc(F)ccc2F)c(C(N)=S)c1. The van der Waals surface area contributed by atoms with E-state index in [1.807, 2.05) is 25.1 Å². The Kier molecular flexibility index (Phi) is 4.29. The van der Waals surface area contributed by atoms with Crippen LogP contribution >= 0.6 is 12.2 Å². The van der Waals surface area contributed by atoms with E-state index in [2.05, 4.69) is 5.32 Å². The summed E-state index contributed by atoms with van der Waals surface area (Å²) in [5.74, 6) is -0.926. The van der Waals surface area contributed by atoms with Crippen molar-refractivity contribution < 1.29 is 8.78 Å². The molecular formula is C15H14F2N2S. The van der Waals surface area contributed by atoms with Crippen molar-refractivity contribution in [1.29, 1.82) is 0 Å². The molecule has 20 heavy (non-hydrogen) atoms. The highest BCUT2D eigenvalue weighted by atomic mass is 32.1. The molecule has 2 aromatic carbocycles. The fourth-order valence-electron chi connectivity index (χ4n) is 1.89. The second-order valence-corrected chi connectivity index (χ2v) is 4.94. The smallest absolute Gasteiger partial charge is 0.128 e. The summed E-state index contributed by atoms with van der Waals surface area (Å²) in [6.07, 6.45) is 0. The number of halogens is 2. The van der Waals surface area contributed by atoms with Crippen LogP contribution in [-0.4, -0.2) is 4.99 Å². The van der Waals surface area contributed by atoms with E-state index in [0.29, 0.717) is 11.3 Å². The molecule has 104 valence electrons. The van der Waals surface area contributed by atoms with Gasteiger partial charge in [-0.25, -0.2) is 8.78 Å². The lowest BCUT2D eigenvalue weighted by atomic mass is 10.1. The standard InChI is InChI=1S/C15H14F2N2S/c1-9-2-5-14(12(6-9)15(18)20)19-8-10-7-11(16)3-4-13(10)17/h2-7,19H,8H2,1H3,(H2,18,20). The highest BCUT2D eigenvalue weighted by molar-refractivity contribution is 7.80. The summed E-state index contributed by atoms with van der Waals surface area (Å²) in [5.41, 5.74) is 8.33. The monoisotopic (exact) mass is 292 g/mol. The minimum atomic E-state index is -0.471. The Bertz CT molecular complexity index is 656. The third kappa shape index (κ3) is 3.30. The molecule has 0 saturated carbocycles. The van der Waals surface area contributed by atoms with E-state index in [0.717, 1.165) is 23.8 Å². The van der Waals surface area contributed by atoms with Crippen LogP contribution in [0.3, 0.4) is 0 Å². The Labute approximate surface area is 121 Å². The van der Waals surface area contributed by atoms with Crippen molar-refractivity contribution in [3.63, 3.8) is 0 Å². The average molecular weight is 292 g/mol. The normalized spacial score (nSPS) is 10.3. The molecule has 0 aliphatic heterocycles. The lowest BCUT2D eigenvalue weighted by Gasteiger charge is -2.12. The molecule has 0 radical (unpaired) electrons. The van der Waals surface area contributed by atoms with Gasteiger partial charge in [-0.05, 0) is 37.3 Å². The van der Waals surface area contributed by atoms with E-state index < -0.39 is 11.6 Å². The van der Waals surface area contributed by atoms with Crippen molar-refractivity contribution in [3.8, 4) is 0 Å². The number of nitrogens with two attached hydrogens (primary N) is 1. The van der Waals surface area contributed by atoms with Gasteiger partial charge in [-0.2, -0.15) is 0 Å². The highest BCUT2D eigenvalue weighted by Gasteiger charge is 2.08. The summed E-state index contributed by atoms with van der Waals surface area (Å²) < 4.78 is 26.6. The summed E-state index contributed by atoms with van der Waals surface area (Å²) in [6, 6.07) is 8.93. The average Bonchev–Trinajstić information content (AvgIpc) is 2.40. The molecule has 0 aromatic heterocycles. The number of rotatable bonds is 4. The largest absolute Gasteiger partial charge is 0.389 e. The van der Waals surface area contributed by atoms with Gasteiger partial charge in [0.25, 0.3) is 0 Å². The van der Waals surface area contributed by atoms with Gasteiger partial charge < -0.3 is 11.1 Å².